The number of hydrogen-bond donors (Lipinski definition) is 1. The van der Waals surface area contributed by atoms with E-state index in [9.17, 15) is 4.79 Å². The number of carbonyl (C=O) groups excluding carboxylic acids is 1. The van der Waals surface area contributed by atoms with E-state index < -0.39 is 0 Å². The Morgan fingerprint density at radius 2 is 2.37 bits per heavy atom. The number of hydrogen-bond acceptors (Lipinski definition) is 3. The number of amides is 1. The standard InChI is InChI=1S/C14H19ClN2O2/c1-17(14(18)10-5-6-16-8-10)9-11-7-12(15)3-4-13(11)19-2/h3-4,7,10,16H,5-6,8-9H2,1-2H3. The summed E-state index contributed by atoms with van der Waals surface area (Å²) in [5.74, 6) is 1.02. The van der Waals surface area contributed by atoms with E-state index in [0.29, 0.717) is 11.6 Å². The van der Waals surface area contributed by atoms with Crippen LogP contribution in [0.15, 0.2) is 18.2 Å². The van der Waals surface area contributed by atoms with Gasteiger partial charge in [0.2, 0.25) is 5.91 Å². The van der Waals surface area contributed by atoms with Crippen molar-refractivity contribution in [3.05, 3.63) is 28.8 Å². The third kappa shape index (κ3) is 3.39. The Morgan fingerprint density at radius 1 is 1.58 bits per heavy atom. The first-order valence-corrected chi connectivity index (χ1v) is 6.77. The molecule has 4 nitrogen and oxygen atoms in total. The van der Waals surface area contributed by atoms with Gasteiger partial charge in [-0.15, -0.1) is 0 Å². The van der Waals surface area contributed by atoms with Crippen molar-refractivity contribution in [3.63, 3.8) is 0 Å². The van der Waals surface area contributed by atoms with Crippen LogP contribution in [0.3, 0.4) is 0 Å². The summed E-state index contributed by atoms with van der Waals surface area (Å²) in [6, 6.07) is 5.46. The molecule has 1 N–H and O–H groups in total. The lowest BCUT2D eigenvalue weighted by atomic mass is 10.1. The van der Waals surface area contributed by atoms with Crippen molar-refractivity contribution in [2.45, 2.75) is 13.0 Å². The van der Waals surface area contributed by atoms with Crippen LogP contribution in [-0.4, -0.2) is 38.1 Å². The molecule has 1 saturated heterocycles. The lowest BCUT2D eigenvalue weighted by Gasteiger charge is -2.22. The molecule has 1 heterocycles. The third-order valence-electron chi connectivity index (χ3n) is 3.44. The van der Waals surface area contributed by atoms with E-state index in [1.54, 1.807) is 18.1 Å². The molecule has 1 aromatic rings. The Labute approximate surface area is 118 Å². The highest BCUT2D eigenvalue weighted by molar-refractivity contribution is 6.30. The van der Waals surface area contributed by atoms with E-state index in [-0.39, 0.29) is 11.8 Å². The highest BCUT2D eigenvalue weighted by Gasteiger charge is 2.25. The van der Waals surface area contributed by atoms with Gasteiger partial charge >= 0.3 is 0 Å². The summed E-state index contributed by atoms with van der Waals surface area (Å²) < 4.78 is 5.30. The minimum Gasteiger partial charge on any atom is -0.496 e. The fourth-order valence-electron chi connectivity index (χ4n) is 2.38. The van der Waals surface area contributed by atoms with E-state index in [1.807, 2.05) is 19.2 Å². The molecule has 0 spiro atoms. The fraction of sp³-hybridized carbons (Fsp3) is 0.500. The first-order chi connectivity index (χ1) is 9.11. The number of rotatable bonds is 4. The molecule has 1 aromatic carbocycles. The second kappa shape index (κ2) is 6.26. The van der Waals surface area contributed by atoms with Crippen molar-refractivity contribution in [2.24, 2.45) is 5.92 Å². The second-order valence-electron chi connectivity index (χ2n) is 4.84. The molecule has 19 heavy (non-hydrogen) atoms. The zero-order chi connectivity index (χ0) is 13.8. The van der Waals surface area contributed by atoms with Crippen LogP contribution in [0.4, 0.5) is 0 Å². The van der Waals surface area contributed by atoms with Crippen molar-refractivity contribution in [3.8, 4) is 5.75 Å². The van der Waals surface area contributed by atoms with Gasteiger partial charge in [-0.25, -0.2) is 0 Å². The molecule has 0 aromatic heterocycles. The van der Waals surface area contributed by atoms with E-state index in [1.165, 1.54) is 0 Å². The van der Waals surface area contributed by atoms with Crippen LogP contribution in [0.1, 0.15) is 12.0 Å². The molecule has 0 saturated carbocycles. The van der Waals surface area contributed by atoms with Crippen LogP contribution < -0.4 is 10.1 Å². The molecular weight excluding hydrogens is 264 g/mol. The van der Waals surface area contributed by atoms with E-state index in [4.69, 9.17) is 16.3 Å². The van der Waals surface area contributed by atoms with Crippen LogP contribution in [0.25, 0.3) is 0 Å². The maximum absolute atomic E-state index is 12.2. The molecule has 1 unspecified atom stereocenters. The van der Waals surface area contributed by atoms with Gasteiger partial charge < -0.3 is 15.0 Å². The number of carbonyl (C=O) groups is 1. The van der Waals surface area contributed by atoms with Gasteiger partial charge in [-0.3, -0.25) is 4.79 Å². The Morgan fingerprint density at radius 3 is 3.00 bits per heavy atom. The number of benzene rings is 1. The summed E-state index contributed by atoms with van der Waals surface area (Å²) in [6.07, 6.45) is 0.913. The van der Waals surface area contributed by atoms with Crippen LogP contribution >= 0.6 is 11.6 Å². The Bertz CT molecular complexity index is 459. The number of halogens is 1. The van der Waals surface area contributed by atoms with E-state index in [0.717, 1.165) is 30.8 Å². The van der Waals surface area contributed by atoms with Crippen molar-refractivity contribution >= 4 is 17.5 Å². The van der Waals surface area contributed by atoms with Gasteiger partial charge in [0.05, 0.1) is 13.0 Å². The van der Waals surface area contributed by atoms with Crippen molar-refractivity contribution in [1.82, 2.24) is 10.2 Å². The molecule has 0 aliphatic carbocycles. The highest BCUT2D eigenvalue weighted by Crippen LogP contribution is 2.24. The zero-order valence-corrected chi connectivity index (χ0v) is 12.0. The van der Waals surface area contributed by atoms with Crippen LogP contribution in [0.2, 0.25) is 5.02 Å². The predicted octanol–water partition coefficient (Wildman–Crippen LogP) is 1.92. The Balaban J connectivity index is 2.07. The highest BCUT2D eigenvalue weighted by atomic mass is 35.5. The van der Waals surface area contributed by atoms with E-state index in [2.05, 4.69) is 5.32 Å². The van der Waals surface area contributed by atoms with Crippen molar-refractivity contribution in [2.75, 3.05) is 27.2 Å². The molecule has 1 aliphatic heterocycles. The number of nitrogens with zero attached hydrogens (tertiary/aromatic N) is 1. The minimum atomic E-state index is 0.0928. The quantitative estimate of drug-likeness (QED) is 0.917. The van der Waals surface area contributed by atoms with E-state index >= 15 is 0 Å². The molecule has 1 atom stereocenters. The normalized spacial score (nSPS) is 18.4. The summed E-state index contributed by atoms with van der Waals surface area (Å²) in [5, 5.41) is 3.86. The third-order valence-corrected chi connectivity index (χ3v) is 3.67. The van der Waals surface area contributed by atoms with Crippen LogP contribution in [0.5, 0.6) is 5.75 Å². The SMILES string of the molecule is COc1ccc(Cl)cc1CN(C)C(=O)C1CCNC1. The topological polar surface area (TPSA) is 41.6 Å². The lowest BCUT2D eigenvalue weighted by molar-refractivity contribution is -0.134. The number of methoxy groups -OCH3 is 1. The summed E-state index contributed by atoms with van der Waals surface area (Å²) in [5.41, 5.74) is 0.928. The maximum atomic E-state index is 12.2. The maximum Gasteiger partial charge on any atom is 0.227 e. The molecule has 0 bridgehead atoms. The summed E-state index contributed by atoms with van der Waals surface area (Å²) in [6.45, 7) is 2.21. The predicted molar refractivity (Wildman–Crippen MR) is 75.5 cm³/mol. The first-order valence-electron chi connectivity index (χ1n) is 6.40. The Hall–Kier alpha value is -1.26. The average Bonchev–Trinajstić information content (AvgIpc) is 2.92. The second-order valence-corrected chi connectivity index (χ2v) is 5.28. The molecule has 1 fully saturated rings. The average molecular weight is 283 g/mol. The number of ether oxygens (including phenoxy) is 1. The zero-order valence-electron chi connectivity index (χ0n) is 11.3. The van der Waals surface area contributed by atoms with Gasteiger partial charge in [-0.1, -0.05) is 11.6 Å². The molecule has 1 amide bonds. The Kier molecular flexibility index (Phi) is 4.66. The smallest absolute Gasteiger partial charge is 0.227 e. The first kappa shape index (κ1) is 14.2. The summed E-state index contributed by atoms with van der Waals surface area (Å²) in [4.78, 5) is 14.0. The molecule has 104 valence electrons. The van der Waals surface area contributed by atoms with Gasteiger partial charge in [-0.2, -0.15) is 0 Å². The van der Waals surface area contributed by atoms with Crippen molar-refractivity contribution in [1.29, 1.82) is 0 Å². The monoisotopic (exact) mass is 282 g/mol. The largest absolute Gasteiger partial charge is 0.496 e. The summed E-state index contributed by atoms with van der Waals surface area (Å²) >= 11 is 5.99. The van der Waals surface area contributed by atoms with Crippen LogP contribution in [-0.2, 0) is 11.3 Å². The lowest BCUT2D eigenvalue weighted by Crippen LogP contribution is -2.33. The van der Waals surface area contributed by atoms with Gasteiger partial charge in [0.1, 0.15) is 5.75 Å². The van der Waals surface area contributed by atoms with Crippen molar-refractivity contribution < 1.29 is 9.53 Å². The van der Waals surface area contributed by atoms with Gasteiger partial charge in [0, 0.05) is 30.7 Å². The molecular formula is C14H19ClN2O2. The van der Waals surface area contributed by atoms with Crippen LogP contribution in [0, 0.1) is 5.92 Å². The van der Waals surface area contributed by atoms with Gasteiger partial charge in [0.25, 0.3) is 0 Å². The summed E-state index contributed by atoms with van der Waals surface area (Å²) in [7, 11) is 3.44. The van der Waals surface area contributed by atoms with Gasteiger partial charge in [0.15, 0.2) is 0 Å². The number of nitrogens with one attached hydrogen (secondary N) is 1. The minimum absolute atomic E-state index is 0.0928. The molecule has 5 heteroatoms. The molecule has 0 radical (unpaired) electrons. The molecule has 1 aliphatic rings. The molecule has 2 rings (SSSR count). The van der Waals surface area contributed by atoms with Gasteiger partial charge in [-0.05, 0) is 31.2 Å². The fourth-order valence-corrected chi connectivity index (χ4v) is 2.58.